The van der Waals surface area contributed by atoms with Gasteiger partial charge in [0.1, 0.15) is 5.75 Å². The Morgan fingerprint density at radius 3 is 2.71 bits per heavy atom. The van der Waals surface area contributed by atoms with Gasteiger partial charge in [-0.25, -0.2) is 5.01 Å². The van der Waals surface area contributed by atoms with Crippen molar-refractivity contribution in [2.24, 2.45) is 11.0 Å². The number of hydrogen-bond acceptors (Lipinski definition) is 3. The van der Waals surface area contributed by atoms with E-state index in [1.165, 1.54) is 5.56 Å². The van der Waals surface area contributed by atoms with Crippen LogP contribution in [0.4, 0.5) is 0 Å². The van der Waals surface area contributed by atoms with Crippen molar-refractivity contribution in [1.29, 1.82) is 0 Å². The zero-order valence-electron chi connectivity index (χ0n) is 13.9. The summed E-state index contributed by atoms with van der Waals surface area (Å²) in [6.45, 7) is 1.59. The molecule has 122 valence electrons. The molecule has 0 bridgehead atoms. The minimum absolute atomic E-state index is 0.0157. The highest BCUT2D eigenvalue weighted by molar-refractivity contribution is 6.07. The normalized spacial score (nSPS) is 21.8. The summed E-state index contributed by atoms with van der Waals surface area (Å²) >= 11 is 0. The maximum Gasteiger partial charge on any atom is 0.240 e. The lowest BCUT2D eigenvalue weighted by Gasteiger charge is -2.29. The van der Waals surface area contributed by atoms with Gasteiger partial charge in [0.15, 0.2) is 0 Å². The fourth-order valence-corrected chi connectivity index (χ4v) is 3.86. The van der Waals surface area contributed by atoms with E-state index >= 15 is 0 Å². The Morgan fingerprint density at radius 1 is 1.21 bits per heavy atom. The molecule has 0 saturated heterocycles. The van der Waals surface area contributed by atoms with Gasteiger partial charge in [0.25, 0.3) is 0 Å². The quantitative estimate of drug-likeness (QED) is 0.849. The molecule has 0 aromatic heterocycles. The lowest BCUT2D eigenvalue weighted by Crippen LogP contribution is -2.31. The molecule has 2 unspecified atom stereocenters. The molecule has 2 atom stereocenters. The molecule has 0 radical (unpaired) electrons. The maximum absolute atomic E-state index is 12.2. The zero-order valence-corrected chi connectivity index (χ0v) is 13.9. The summed E-state index contributed by atoms with van der Waals surface area (Å²) in [5.74, 6) is 1.04. The Balaban J connectivity index is 1.81. The van der Waals surface area contributed by atoms with E-state index in [0.717, 1.165) is 35.4 Å². The highest BCUT2D eigenvalue weighted by Crippen LogP contribution is 2.43. The average molecular weight is 320 g/mol. The predicted molar refractivity (Wildman–Crippen MR) is 93.0 cm³/mol. The van der Waals surface area contributed by atoms with Crippen molar-refractivity contribution < 1.29 is 9.53 Å². The van der Waals surface area contributed by atoms with E-state index in [0.29, 0.717) is 0 Å². The lowest BCUT2D eigenvalue weighted by molar-refractivity contribution is -0.131. The van der Waals surface area contributed by atoms with Gasteiger partial charge >= 0.3 is 0 Å². The second-order valence-corrected chi connectivity index (χ2v) is 6.37. The Hall–Kier alpha value is -2.62. The summed E-state index contributed by atoms with van der Waals surface area (Å²) in [5, 5.41) is 6.39. The lowest BCUT2D eigenvalue weighted by atomic mass is 9.77. The first kappa shape index (κ1) is 14.9. The Labute approximate surface area is 141 Å². The van der Waals surface area contributed by atoms with Crippen molar-refractivity contribution in [2.75, 3.05) is 7.11 Å². The van der Waals surface area contributed by atoms with Crippen LogP contribution in [0.1, 0.15) is 36.1 Å². The zero-order chi connectivity index (χ0) is 16.7. The molecule has 4 heteroatoms. The Kier molecular flexibility index (Phi) is 3.60. The summed E-state index contributed by atoms with van der Waals surface area (Å²) in [6, 6.07) is 16.3. The summed E-state index contributed by atoms with van der Waals surface area (Å²) in [7, 11) is 1.67. The van der Waals surface area contributed by atoms with Crippen molar-refractivity contribution >= 4 is 11.6 Å². The molecule has 1 aliphatic heterocycles. The van der Waals surface area contributed by atoms with Crippen LogP contribution in [0.25, 0.3) is 0 Å². The number of methoxy groups -OCH3 is 1. The number of hydrazone groups is 1. The highest BCUT2D eigenvalue weighted by atomic mass is 16.5. The minimum atomic E-state index is -0.0183. The molecular formula is C20H20N2O2. The topological polar surface area (TPSA) is 41.9 Å². The van der Waals surface area contributed by atoms with E-state index in [1.807, 2.05) is 30.3 Å². The number of ether oxygens (including phenoxy) is 1. The number of carbonyl (C=O) groups excluding carboxylic acids is 1. The molecule has 0 fully saturated rings. The first-order valence-corrected chi connectivity index (χ1v) is 8.29. The van der Waals surface area contributed by atoms with Gasteiger partial charge in [0, 0.05) is 18.4 Å². The maximum atomic E-state index is 12.2. The molecule has 2 aromatic rings. The number of carbonyl (C=O) groups is 1. The van der Waals surface area contributed by atoms with E-state index in [1.54, 1.807) is 19.0 Å². The van der Waals surface area contributed by atoms with Gasteiger partial charge < -0.3 is 4.74 Å². The monoisotopic (exact) mass is 320 g/mol. The minimum Gasteiger partial charge on any atom is -0.497 e. The van der Waals surface area contributed by atoms with E-state index in [-0.39, 0.29) is 17.9 Å². The summed E-state index contributed by atoms with van der Waals surface area (Å²) in [4.78, 5) is 12.2. The van der Waals surface area contributed by atoms with Crippen LogP contribution in [0.15, 0.2) is 53.6 Å². The van der Waals surface area contributed by atoms with E-state index in [4.69, 9.17) is 9.84 Å². The Morgan fingerprint density at radius 2 is 2.00 bits per heavy atom. The van der Waals surface area contributed by atoms with Crippen LogP contribution in [-0.2, 0) is 11.2 Å². The molecule has 1 amide bonds. The van der Waals surface area contributed by atoms with Gasteiger partial charge in [-0.3, -0.25) is 4.79 Å². The van der Waals surface area contributed by atoms with Crippen LogP contribution in [-0.4, -0.2) is 23.7 Å². The number of aryl methyl sites for hydroxylation is 1. The fourth-order valence-electron chi connectivity index (χ4n) is 3.86. The number of nitrogens with zero attached hydrogens (tertiary/aromatic N) is 2. The Bertz CT molecular complexity index is 814. The largest absolute Gasteiger partial charge is 0.497 e. The van der Waals surface area contributed by atoms with E-state index < -0.39 is 0 Å². The van der Waals surface area contributed by atoms with Gasteiger partial charge in [-0.05, 0) is 36.1 Å². The summed E-state index contributed by atoms with van der Waals surface area (Å²) < 4.78 is 5.38. The highest BCUT2D eigenvalue weighted by Gasteiger charge is 2.42. The molecular weight excluding hydrogens is 300 g/mol. The smallest absolute Gasteiger partial charge is 0.240 e. The van der Waals surface area contributed by atoms with Gasteiger partial charge in [-0.1, -0.05) is 36.4 Å². The van der Waals surface area contributed by atoms with Gasteiger partial charge in [0.2, 0.25) is 5.91 Å². The molecule has 24 heavy (non-hydrogen) atoms. The first-order valence-electron chi connectivity index (χ1n) is 8.29. The molecule has 1 heterocycles. The molecule has 0 saturated carbocycles. The second kappa shape index (κ2) is 5.78. The van der Waals surface area contributed by atoms with Crippen LogP contribution in [0.5, 0.6) is 5.75 Å². The second-order valence-electron chi connectivity index (χ2n) is 6.37. The number of fused-ring (bicyclic) bond motifs is 3. The third-order valence-corrected chi connectivity index (χ3v) is 4.99. The van der Waals surface area contributed by atoms with Crippen LogP contribution >= 0.6 is 0 Å². The van der Waals surface area contributed by atoms with Crippen molar-refractivity contribution in [3.63, 3.8) is 0 Å². The number of hydrogen-bond donors (Lipinski definition) is 0. The van der Waals surface area contributed by atoms with Crippen molar-refractivity contribution in [1.82, 2.24) is 5.01 Å². The molecule has 2 aliphatic rings. The SMILES string of the molecule is COc1ccc2c(c1)C1=NN(C(C)=O)C(c3ccccc3)C1CC2. The molecule has 0 N–H and O–H groups in total. The third kappa shape index (κ3) is 2.30. The fraction of sp³-hybridized carbons (Fsp3) is 0.300. The average Bonchev–Trinajstić information content (AvgIpc) is 3.02. The van der Waals surface area contributed by atoms with Crippen LogP contribution < -0.4 is 4.74 Å². The molecule has 2 aromatic carbocycles. The molecule has 4 nitrogen and oxygen atoms in total. The summed E-state index contributed by atoms with van der Waals surface area (Å²) in [5.41, 5.74) is 4.56. The predicted octanol–water partition coefficient (Wildman–Crippen LogP) is 3.57. The van der Waals surface area contributed by atoms with Crippen LogP contribution in [0.2, 0.25) is 0 Å². The van der Waals surface area contributed by atoms with Crippen molar-refractivity contribution in [2.45, 2.75) is 25.8 Å². The van der Waals surface area contributed by atoms with Gasteiger partial charge in [0.05, 0.1) is 18.9 Å². The van der Waals surface area contributed by atoms with Crippen LogP contribution in [0, 0.1) is 5.92 Å². The van der Waals surface area contributed by atoms with E-state index in [2.05, 4.69) is 18.2 Å². The van der Waals surface area contributed by atoms with Crippen molar-refractivity contribution in [3.8, 4) is 5.75 Å². The van der Waals surface area contributed by atoms with E-state index in [9.17, 15) is 4.79 Å². The number of benzene rings is 2. The molecule has 4 rings (SSSR count). The van der Waals surface area contributed by atoms with Crippen LogP contribution in [0.3, 0.4) is 0 Å². The number of rotatable bonds is 2. The molecule has 0 spiro atoms. The van der Waals surface area contributed by atoms with Gasteiger partial charge in [-0.2, -0.15) is 5.10 Å². The standard InChI is InChI=1S/C20H20N2O2/c1-13(23)22-20(15-6-4-3-5-7-15)17-11-9-14-8-10-16(24-2)12-18(14)19(17)21-22/h3-8,10,12,17,20H,9,11H2,1-2H3. The van der Waals surface area contributed by atoms with Crippen molar-refractivity contribution in [3.05, 3.63) is 65.2 Å². The summed E-state index contributed by atoms with van der Waals surface area (Å²) in [6.07, 6.45) is 2.00. The number of amides is 1. The van der Waals surface area contributed by atoms with Gasteiger partial charge in [-0.15, -0.1) is 0 Å². The third-order valence-electron chi connectivity index (χ3n) is 4.99. The first-order chi connectivity index (χ1) is 11.7. The molecule has 1 aliphatic carbocycles.